The van der Waals surface area contributed by atoms with Crippen molar-refractivity contribution in [3.63, 3.8) is 0 Å². The van der Waals surface area contributed by atoms with Crippen molar-refractivity contribution < 1.29 is 4.79 Å². The van der Waals surface area contributed by atoms with Gasteiger partial charge in [-0.05, 0) is 36.7 Å². The summed E-state index contributed by atoms with van der Waals surface area (Å²) in [6, 6.07) is 6.11. The molecule has 0 heterocycles. The van der Waals surface area contributed by atoms with Gasteiger partial charge in [-0.2, -0.15) is 0 Å². The summed E-state index contributed by atoms with van der Waals surface area (Å²) in [4.78, 5) is 11.9. The fourth-order valence-electron chi connectivity index (χ4n) is 1.64. The lowest BCUT2D eigenvalue weighted by Crippen LogP contribution is -2.41. The van der Waals surface area contributed by atoms with Gasteiger partial charge in [0.05, 0.1) is 0 Å². The quantitative estimate of drug-likeness (QED) is 0.815. The molecule has 0 aliphatic heterocycles. The van der Waals surface area contributed by atoms with Gasteiger partial charge in [0, 0.05) is 11.1 Å². The van der Waals surface area contributed by atoms with Crippen molar-refractivity contribution >= 4 is 28.9 Å². The molecular formula is C15H22N2OS. The smallest absolute Gasteiger partial charge is 0.231 e. The van der Waals surface area contributed by atoms with Crippen molar-refractivity contribution in [3.8, 4) is 0 Å². The van der Waals surface area contributed by atoms with Crippen molar-refractivity contribution in [1.29, 1.82) is 0 Å². The minimum Gasteiger partial charge on any atom is -0.332 e. The number of anilines is 1. The number of benzene rings is 1. The van der Waals surface area contributed by atoms with E-state index in [1.807, 2.05) is 39.8 Å². The Labute approximate surface area is 120 Å². The van der Waals surface area contributed by atoms with Crippen LogP contribution in [0.5, 0.6) is 0 Å². The van der Waals surface area contributed by atoms with Crippen molar-refractivity contribution in [3.05, 3.63) is 29.3 Å². The van der Waals surface area contributed by atoms with E-state index in [4.69, 9.17) is 12.2 Å². The number of rotatable bonds is 2. The van der Waals surface area contributed by atoms with E-state index < -0.39 is 5.41 Å². The van der Waals surface area contributed by atoms with Gasteiger partial charge in [-0.3, -0.25) is 4.79 Å². The van der Waals surface area contributed by atoms with Crippen molar-refractivity contribution in [2.75, 3.05) is 5.32 Å². The molecule has 0 atom stereocenters. The van der Waals surface area contributed by atoms with E-state index in [0.717, 1.165) is 17.7 Å². The lowest BCUT2D eigenvalue weighted by Gasteiger charge is -2.20. The van der Waals surface area contributed by atoms with Crippen LogP contribution in [0.1, 0.15) is 38.8 Å². The van der Waals surface area contributed by atoms with Gasteiger partial charge in [-0.25, -0.2) is 0 Å². The first-order valence-corrected chi connectivity index (χ1v) is 6.87. The molecular weight excluding hydrogens is 256 g/mol. The van der Waals surface area contributed by atoms with Crippen LogP contribution in [-0.2, 0) is 11.2 Å². The summed E-state index contributed by atoms with van der Waals surface area (Å²) >= 11 is 5.21. The first-order chi connectivity index (χ1) is 8.75. The Morgan fingerprint density at radius 3 is 2.47 bits per heavy atom. The molecule has 0 aliphatic carbocycles. The van der Waals surface area contributed by atoms with Crippen LogP contribution in [0.25, 0.3) is 0 Å². The summed E-state index contributed by atoms with van der Waals surface area (Å²) in [6.07, 6.45) is 0.917. The lowest BCUT2D eigenvalue weighted by molar-refractivity contribution is -0.126. The Morgan fingerprint density at radius 2 is 1.95 bits per heavy atom. The molecule has 0 saturated carbocycles. The molecule has 0 bridgehead atoms. The summed E-state index contributed by atoms with van der Waals surface area (Å²) in [5.74, 6) is -0.0865. The molecule has 3 nitrogen and oxygen atoms in total. The van der Waals surface area contributed by atoms with E-state index in [-0.39, 0.29) is 5.91 Å². The van der Waals surface area contributed by atoms with Crippen molar-refractivity contribution in [1.82, 2.24) is 5.32 Å². The number of amides is 1. The summed E-state index contributed by atoms with van der Waals surface area (Å²) < 4.78 is 0. The number of nitrogens with one attached hydrogen (secondary N) is 2. The molecule has 0 radical (unpaired) electrons. The Bertz CT molecular complexity index is 489. The molecule has 104 valence electrons. The van der Waals surface area contributed by atoms with Crippen LogP contribution < -0.4 is 10.6 Å². The van der Waals surface area contributed by atoms with Crippen LogP contribution >= 0.6 is 12.2 Å². The molecule has 19 heavy (non-hydrogen) atoms. The zero-order valence-corrected chi connectivity index (χ0v) is 13.1. The predicted octanol–water partition coefficient (Wildman–Crippen LogP) is 3.42. The maximum Gasteiger partial charge on any atom is 0.231 e. The Hall–Kier alpha value is -1.42. The van der Waals surface area contributed by atoms with Crippen LogP contribution in [0, 0.1) is 12.3 Å². The van der Waals surface area contributed by atoms with Gasteiger partial charge in [0.15, 0.2) is 5.11 Å². The molecule has 0 fully saturated rings. The number of hydrogen-bond donors (Lipinski definition) is 2. The zero-order chi connectivity index (χ0) is 14.6. The van der Waals surface area contributed by atoms with E-state index in [9.17, 15) is 4.79 Å². The second-order valence-electron chi connectivity index (χ2n) is 5.62. The Balaban J connectivity index is 2.81. The number of carbonyl (C=O) groups excluding carboxylic acids is 1. The first-order valence-electron chi connectivity index (χ1n) is 6.46. The normalized spacial score (nSPS) is 11.0. The third-order valence-electron chi connectivity index (χ3n) is 2.89. The highest BCUT2D eigenvalue weighted by Crippen LogP contribution is 2.21. The van der Waals surface area contributed by atoms with Crippen LogP contribution in [0.3, 0.4) is 0 Å². The fourth-order valence-corrected chi connectivity index (χ4v) is 1.83. The minimum atomic E-state index is -0.453. The third-order valence-corrected chi connectivity index (χ3v) is 3.09. The van der Waals surface area contributed by atoms with Gasteiger partial charge in [-0.15, -0.1) is 0 Å². The van der Waals surface area contributed by atoms with E-state index in [2.05, 4.69) is 23.6 Å². The predicted molar refractivity (Wildman–Crippen MR) is 84.4 cm³/mol. The molecule has 0 unspecified atom stereocenters. The second kappa shape index (κ2) is 6.15. The summed E-state index contributed by atoms with van der Waals surface area (Å²) in [7, 11) is 0. The molecule has 0 spiro atoms. The van der Waals surface area contributed by atoms with Crippen LogP contribution in [0.4, 0.5) is 5.69 Å². The van der Waals surface area contributed by atoms with E-state index in [1.54, 1.807) is 0 Å². The first kappa shape index (κ1) is 15.6. The van der Waals surface area contributed by atoms with Gasteiger partial charge < -0.3 is 10.6 Å². The molecule has 0 saturated heterocycles. The lowest BCUT2D eigenvalue weighted by atomic mass is 9.96. The van der Waals surface area contributed by atoms with Gasteiger partial charge in [0.2, 0.25) is 5.91 Å². The molecule has 4 heteroatoms. The molecule has 2 N–H and O–H groups in total. The van der Waals surface area contributed by atoms with Gasteiger partial charge in [0.1, 0.15) is 0 Å². The van der Waals surface area contributed by atoms with Crippen LogP contribution in [0.2, 0.25) is 0 Å². The van der Waals surface area contributed by atoms with Gasteiger partial charge >= 0.3 is 0 Å². The van der Waals surface area contributed by atoms with Crippen LogP contribution in [0.15, 0.2) is 18.2 Å². The zero-order valence-electron chi connectivity index (χ0n) is 12.3. The topological polar surface area (TPSA) is 41.1 Å². The van der Waals surface area contributed by atoms with Crippen molar-refractivity contribution in [2.24, 2.45) is 5.41 Å². The van der Waals surface area contributed by atoms with Gasteiger partial charge in [0.25, 0.3) is 0 Å². The maximum atomic E-state index is 11.9. The van der Waals surface area contributed by atoms with Gasteiger partial charge in [-0.1, -0.05) is 45.9 Å². The largest absolute Gasteiger partial charge is 0.332 e. The molecule has 0 aromatic heterocycles. The summed E-state index contributed by atoms with van der Waals surface area (Å²) in [6.45, 7) is 9.69. The average Bonchev–Trinajstić information content (AvgIpc) is 2.30. The highest BCUT2D eigenvalue weighted by Gasteiger charge is 2.22. The van der Waals surface area contributed by atoms with E-state index in [0.29, 0.717) is 5.11 Å². The molecule has 1 amide bonds. The SMILES string of the molecule is CCc1cccc(C)c1NC(=S)NC(=O)C(C)(C)C. The summed E-state index contributed by atoms with van der Waals surface area (Å²) in [5, 5.41) is 6.21. The third kappa shape index (κ3) is 4.31. The van der Waals surface area contributed by atoms with Crippen LogP contribution in [-0.4, -0.2) is 11.0 Å². The highest BCUT2D eigenvalue weighted by atomic mass is 32.1. The highest BCUT2D eigenvalue weighted by molar-refractivity contribution is 7.80. The number of thiocarbonyl (C=S) groups is 1. The molecule has 1 aromatic carbocycles. The standard InChI is InChI=1S/C15H22N2OS/c1-6-11-9-7-8-10(2)12(11)16-14(19)17-13(18)15(3,4)5/h7-9H,6H2,1-5H3,(H2,16,17,18,19). The number of para-hydroxylation sites is 1. The average molecular weight is 278 g/mol. The molecule has 1 aromatic rings. The van der Waals surface area contributed by atoms with E-state index >= 15 is 0 Å². The van der Waals surface area contributed by atoms with Crippen molar-refractivity contribution in [2.45, 2.75) is 41.0 Å². The number of aryl methyl sites for hydroxylation is 2. The Kier molecular flexibility index (Phi) is 5.06. The number of carbonyl (C=O) groups is 1. The monoisotopic (exact) mass is 278 g/mol. The number of hydrogen-bond acceptors (Lipinski definition) is 2. The summed E-state index contributed by atoms with van der Waals surface area (Å²) in [5.41, 5.74) is 2.84. The molecule has 0 aliphatic rings. The Morgan fingerprint density at radius 1 is 1.32 bits per heavy atom. The second-order valence-corrected chi connectivity index (χ2v) is 6.03. The maximum absolute atomic E-state index is 11.9. The fraction of sp³-hybridized carbons (Fsp3) is 0.467. The molecule has 1 rings (SSSR count). The van der Waals surface area contributed by atoms with E-state index in [1.165, 1.54) is 5.56 Å². The minimum absolute atomic E-state index is 0.0865.